The molecule has 0 aliphatic heterocycles. The molecule has 2 aromatic rings. The molecule has 0 saturated carbocycles. The van der Waals surface area contributed by atoms with E-state index < -0.39 is 5.97 Å². The van der Waals surface area contributed by atoms with E-state index in [1.165, 1.54) is 6.07 Å². The zero-order valence-corrected chi connectivity index (χ0v) is 10.6. The third-order valence-electron chi connectivity index (χ3n) is 2.06. The summed E-state index contributed by atoms with van der Waals surface area (Å²) in [4.78, 5) is 9.25. The van der Waals surface area contributed by atoms with Gasteiger partial charge in [0.05, 0.1) is 5.69 Å². The van der Waals surface area contributed by atoms with Gasteiger partial charge in [0.25, 0.3) is 0 Å². The van der Waals surface area contributed by atoms with Crippen molar-refractivity contribution in [3.05, 3.63) is 73.1 Å². The zero-order chi connectivity index (χ0) is 14.8. The Hall–Kier alpha value is -2.82. The lowest BCUT2D eigenvalue weighted by molar-refractivity contribution is -0.131. The van der Waals surface area contributed by atoms with Crippen molar-refractivity contribution in [2.75, 3.05) is 0 Å². The zero-order valence-electron chi connectivity index (χ0n) is 10.6. The minimum atomic E-state index is -0.981. The molecule has 20 heavy (non-hydrogen) atoms. The number of hydrogen-bond acceptors (Lipinski definition) is 3. The summed E-state index contributed by atoms with van der Waals surface area (Å²) >= 11 is 0. The molecule has 0 aliphatic carbocycles. The monoisotopic (exact) mass is 272 g/mol. The first-order valence-electron chi connectivity index (χ1n) is 5.70. The molecule has 0 bridgehead atoms. The summed E-state index contributed by atoms with van der Waals surface area (Å²) in [5, 5.41) is 15.4. The minimum absolute atomic E-state index is 0.251. The summed E-state index contributed by atoms with van der Waals surface area (Å²) in [6, 6.07) is 15.5. The summed E-state index contributed by atoms with van der Waals surface area (Å²) in [6.07, 6.45) is 0.833. The van der Waals surface area contributed by atoms with Crippen LogP contribution in [0.5, 0.6) is 0 Å². The fourth-order valence-electron chi connectivity index (χ4n) is 1.14. The number of nitrogens with zero attached hydrogens (tertiary/aromatic N) is 2. The summed E-state index contributed by atoms with van der Waals surface area (Å²) in [6.45, 7) is 2.96. The second-order valence-corrected chi connectivity index (χ2v) is 3.53. The molecule has 0 radical (unpaired) electrons. The van der Waals surface area contributed by atoms with Gasteiger partial charge in [-0.2, -0.15) is 5.11 Å². The molecule has 0 fully saturated rings. The number of carboxylic acid groups (broad SMARTS) is 1. The molecular weight excluding hydrogens is 259 g/mol. The highest BCUT2D eigenvalue weighted by atomic mass is 19.1. The quantitative estimate of drug-likeness (QED) is 0.660. The van der Waals surface area contributed by atoms with Crippen LogP contribution < -0.4 is 0 Å². The van der Waals surface area contributed by atoms with Crippen LogP contribution >= 0.6 is 0 Å². The van der Waals surface area contributed by atoms with Crippen LogP contribution in [0.1, 0.15) is 0 Å². The topological polar surface area (TPSA) is 62.0 Å². The van der Waals surface area contributed by atoms with Crippen LogP contribution in [-0.2, 0) is 4.79 Å². The Morgan fingerprint density at radius 1 is 1.05 bits per heavy atom. The van der Waals surface area contributed by atoms with Crippen LogP contribution in [0.3, 0.4) is 0 Å². The third kappa shape index (κ3) is 5.68. The molecule has 0 amide bonds. The normalized spacial score (nSPS) is 9.65. The molecule has 5 heteroatoms. The predicted molar refractivity (Wildman–Crippen MR) is 74.9 cm³/mol. The summed E-state index contributed by atoms with van der Waals surface area (Å²) in [5.41, 5.74) is 0.960. The fourth-order valence-corrected chi connectivity index (χ4v) is 1.14. The van der Waals surface area contributed by atoms with Gasteiger partial charge in [0.15, 0.2) is 5.82 Å². The molecule has 4 nitrogen and oxygen atoms in total. The lowest BCUT2D eigenvalue weighted by Gasteiger charge is -1.93. The van der Waals surface area contributed by atoms with Gasteiger partial charge in [-0.25, -0.2) is 9.18 Å². The van der Waals surface area contributed by atoms with Crippen molar-refractivity contribution in [3.8, 4) is 0 Å². The van der Waals surface area contributed by atoms with Crippen molar-refractivity contribution in [3.63, 3.8) is 0 Å². The van der Waals surface area contributed by atoms with Gasteiger partial charge >= 0.3 is 5.97 Å². The molecule has 102 valence electrons. The Balaban J connectivity index is 0.000000347. The molecule has 0 unspecified atom stereocenters. The van der Waals surface area contributed by atoms with Crippen molar-refractivity contribution in [1.82, 2.24) is 0 Å². The molecule has 1 N–H and O–H groups in total. The van der Waals surface area contributed by atoms with Gasteiger partial charge in [-0.05, 0) is 24.3 Å². The van der Waals surface area contributed by atoms with Crippen LogP contribution in [-0.4, -0.2) is 11.1 Å². The molecule has 2 aromatic carbocycles. The van der Waals surface area contributed by atoms with Crippen LogP contribution in [0.2, 0.25) is 0 Å². The Morgan fingerprint density at radius 3 is 2.15 bits per heavy atom. The molecule has 2 rings (SSSR count). The number of halogens is 1. The molecule has 0 heterocycles. The molecule has 0 aromatic heterocycles. The largest absolute Gasteiger partial charge is 0.478 e. The third-order valence-corrected chi connectivity index (χ3v) is 2.06. The van der Waals surface area contributed by atoms with Gasteiger partial charge in [-0.15, -0.1) is 5.11 Å². The smallest absolute Gasteiger partial charge is 0.327 e. The Labute approximate surface area is 115 Å². The first-order valence-corrected chi connectivity index (χ1v) is 5.70. The van der Waals surface area contributed by atoms with Crippen molar-refractivity contribution >= 4 is 17.3 Å². The number of rotatable bonds is 3. The number of carboxylic acids is 1. The summed E-state index contributed by atoms with van der Waals surface area (Å²) in [5.74, 6) is -1.35. The van der Waals surface area contributed by atoms with E-state index >= 15 is 0 Å². The number of carbonyl (C=O) groups is 1. The van der Waals surface area contributed by atoms with Gasteiger partial charge in [0.2, 0.25) is 0 Å². The lowest BCUT2D eigenvalue weighted by Crippen LogP contribution is -1.82. The van der Waals surface area contributed by atoms with E-state index in [1.54, 1.807) is 18.2 Å². The van der Waals surface area contributed by atoms with E-state index in [4.69, 9.17) is 5.11 Å². The van der Waals surface area contributed by atoms with Gasteiger partial charge in [-0.1, -0.05) is 36.9 Å². The Kier molecular flexibility index (Phi) is 6.33. The second kappa shape index (κ2) is 8.31. The Morgan fingerprint density at radius 2 is 1.60 bits per heavy atom. The average molecular weight is 272 g/mol. The van der Waals surface area contributed by atoms with Crippen molar-refractivity contribution < 1.29 is 14.3 Å². The van der Waals surface area contributed by atoms with Gasteiger partial charge in [0, 0.05) is 6.08 Å². The highest BCUT2D eigenvalue weighted by Crippen LogP contribution is 2.20. The first kappa shape index (κ1) is 15.2. The van der Waals surface area contributed by atoms with E-state index in [2.05, 4.69) is 16.8 Å². The van der Waals surface area contributed by atoms with Crippen molar-refractivity contribution in [1.29, 1.82) is 0 Å². The standard InChI is InChI=1S/C12H9FN2.C3H4O2/c13-11-8-4-5-9-12(11)15-14-10-6-2-1-3-7-10;1-2-3(4)5/h1-9H;2H,1H2,(H,4,5). The van der Waals surface area contributed by atoms with Crippen molar-refractivity contribution in [2.24, 2.45) is 10.2 Å². The first-order chi connectivity index (χ1) is 9.63. The van der Waals surface area contributed by atoms with E-state index in [0.717, 1.165) is 6.08 Å². The van der Waals surface area contributed by atoms with Crippen LogP contribution in [0.15, 0.2) is 77.5 Å². The Bertz CT molecular complexity index is 598. The maximum atomic E-state index is 13.1. The maximum Gasteiger partial charge on any atom is 0.327 e. The molecule has 0 atom stereocenters. The summed E-state index contributed by atoms with van der Waals surface area (Å²) in [7, 11) is 0. The van der Waals surface area contributed by atoms with Crippen LogP contribution in [0.4, 0.5) is 15.8 Å². The van der Waals surface area contributed by atoms with E-state index in [1.807, 2.05) is 30.3 Å². The number of benzene rings is 2. The maximum absolute atomic E-state index is 13.1. The van der Waals surface area contributed by atoms with Gasteiger partial charge in [0.1, 0.15) is 5.69 Å². The van der Waals surface area contributed by atoms with E-state index in [9.17, 15) is 9.18 Å². The molecular formula is C15H13FN2O2. The highest BCUT2D eigenvalue weighted by molar-refractivity contribution is 5.78. The summed E-state index contributed by atoms with van der Waals surface area (Å²) < 4.78 is 13.1. The molecule has 0 aliphatic rings. The number of aliphatic carboxylic acids is 1. The SMILES string of the molecule is C=CC(=O)O.Fc1ccccc1N=Nc1ccccc1. The lowest BCUT2D eigenvalue weighted by atomic mass is 10.3. The van der Waals surface area contributed by atoms with Gasteiger partial charge < -0.3 is 5.11 Å². The molecule has 0 spiro atoms. The van der Waals surface area contributed by atoms with E-state index in [-0.39, 0.29) is 11.5 Å². The van der Waals surface area contributed by atoms with Crippen LogP contribution in [0.25, 0.3) is 0 Å². The fraction of sp³-hybridized carbons (Fsp3) is 0. The predicted octanol–water partition coefficient (Wildman–Crippen LogP) is 4.50. The van der Waals surface area contributed by atoms with Crippen molar-refractivity contribution in [2.45, 2.75) is 0 Å². The average Bonchev–Trinajstić information content (AvgIpc) is 2.48. The second-order valence-electron chi connectivity index (χ2n) is 3.53. The number of azo groups is 1. The minimum Gasteiger partial charge on any atom is -0.478 e. The molecule has 0 saturated heterocycles. The number of hydrogen-bond donors (Lipinski definition) is 1. The van der Waals surface area contributed by atoms with Gasteiger partial charge in [-0.3, -0.25) is 0 Å². The van der Waals surface area contributed by atoms with Crippen LogP contribution in [0, 0.1) is 5.82 Å². The highest BCUT2D eigenvalue weighted by Gasteiger charge is 1.96. The van der Waals surface area contributed by atoms with E-state index in [0.29, 0.717) is 5.69 Å².